The van der Waals surface area contributed by atoms with Gasteiger partial charge in [-0.1, -0.05) is 31.5 Å². The predicted octanol–water partition coefficient (Wildman–Crippen LogP) is 2.87. The van der Waals surface area contributed by atoms with Crippen LogP contribution in [0.3, 0.4) is 0 Å². The average molecular weight is 314 g/mol. The molecule has 0 radical (unpaired) electrons. The van der Waals surface area contributed by atoms with Crippen molar-refractivity contribution in [3.05, 3.63) is 42.0 Å². The van der Waals surface area contributed by atoms with Gasteiger partial charge in [-0.15, -0.1) is 10.2 Å². The van der Waals surface area contributed by atoms with E-state index in [-0.39, 0.29) is 12.5 Å². The van der Waals surface area contributed by atoms with Gasteiger partial charge >= 0.3 is 0 Å². The minimum absolute atomic E-state index is 0.0713. The highest BCUT2D eigenvalue weighted by molar-refractivity contribution is 5.90. The van der Waals surface area contributed by atoms with Crippen LogP contribution in [0.15, 0.2) is 36.4 Å². The van der Waals surface area contributed by atoms with Crippen molar-refractivity contribution in [2.75, 3.05) is 23.8 Å². The molecule has 1 aromatic heterocycles. The van der Waals surface area contributed by atoms with Crippen molar-refractivity contribution >= 4 is 17.5 Å². The lowest BCUT2D eigenvalue weighted by molar-refractivity contribution is -0.118. The molecule has 23 heavy (non-hydrogen) atoms. The fraction of sp³-hybridized carbons (Fsp3) is 0.353. The second-order valence-corrected chi connectivity index (χ2v) is 5.73. The van der Waals surface area contributed by atoms with E-state index in [2.05, 4.69) is 34.7 Å². The maximum Gasteiger partial charge on any atom is 0.263 e. The molecule has 0 aliphatic heterocycles. The second-order valence-electron chi connectivity index (χ2n) is 5.73. The molecule has 0 aliphatic carbocycles. The summed E-state index contributed by atoms with van der Waals surface area (Å²) in [5.74, 6) is 1.99. The van der Waals surface area contributed by atoms with Gasteiger partial charge in [-0.3, -0.25) is 4.79 Å². The van der Waals surface area contributed by atoms with Gasteiger partial charge < -0.3 is 15.4 Å². The van der Waals surface area contributed by atoms with Crippen molar-refractivity contribution in [2.45, 2.75) is 20.8 Å². The van der Waals surface area contributed by atoms with E-state index in [1.165, 1.54) is 0 Å². The molecule has 2 N–H and O–H groups in total. The van der Waals surface area contributed by atoms with Gasteiger partial charge in [0.1, 0.15) is 11.6 Å². The van der Waals surface area contributed by atoms with Crippen molar-refractivity contribution in [1.29, 1.82) is 0 Å². The Bertz CT molecular complexity index is 624. The quantitative estimate of drug-likeness (QED) is 0.822. The Balaban J connectivity index is 1.79. The summed E-state index contributed by atoms with van der Waals surface area (Å²) in [6.07, 6.45) is 0. The predicted molar refractivity (Wildman–Crippen MR) is 90.7 cm³/mol. The number of amides is 1. The fourth-order valence-electron chi connectivity index (χ4n) is 1.76. The number of nitrogens with one attached hydrogen (secondary N) is 2. The highest BCUT2D eigenvalue weighted by atomic mass is 16.5. The summed E-state index contributed by atoms with van der Waals surface area (Å²) in [6, 6.07) is 11.0. The number of aromatic nitrogens is 2. The minimum atomic E-state index is -0.275. The summed E-state index contributed by atoms with van der Waals surface area (Å²) in [5.41, 5.74) is 1.14. The average Bonchev–Trinajstić information content (AvgIpc) is 2.53. The van der Waals surface area contributed by atoms with Crippen molar-refractivity contribution < 1.29 is 9.53 Å². The fourth-order valence-corrected chi connectivity index (χ4v) is 1.76. The van der Waals surface area contributed by atoms with Crippen LogP contribution in [-0.4, -0.2) is 29.3 Å². The highest BCUT2D eigenvalue weighted by Gasteiger charge is 2.05. The molecule has 1 heterocycles. The van der Waals surface area contributed by atoms with E-state index in [0.717, 1.165) is 12.1 Å². The summed E-state index contributed by atoms with van der Waals surface area (Å²) >= 11 is 0. The van der Waals surface area contributed by atoms with Gasteiger partial charge in [0.25, 0.3) is 5.91 Å². The molecule has 2 aromatic rings. The molecular formula is C17H22N4O2. The molecule has 0 saturated carbocycles. The van der Waals surface area contributed by atoms with Crippen LogP contribution in [0.1, 0.15) is 19.4 Å². The second kappa shape index (κ2) is 8.12. The van der Waals surface area contributed by atoms with E-state index in [4.69, 9.17) is 4.74 Å². The zero-order valence-corrected chi connectivity index (χ0v) is 13.7. The Labute approximate surface area is 136 Å². The Morgan fingerprint density at radius 2 is 1.74 bits per heavy atom. The molecule has 1 amide bonds. The van der Waals surface area contributed by atoms with Gasteiger partial charge in [-0.05, 0) is 37.1 Å². The molecule has 0 unspecified atom stereocenters. The number of aryl methyl sites for hydroxylation is 1. The Morgan fingerprint density at radius 1 is 1.09 bits per heavy atom. The summed E-state index contributed by atoms with van der Waals surface area (Å²) in [6.45, 7) is 6.98. The minimum Gasteiger partial charge on any atom is -0.484 e. The molecule has 0 spiro atoms. The lowest BCUT2D eigenvalue weighted by atomic mass is 10.2. The molecule has 1 aromatic carbocycles. The summed E-state index contributed by atoms with van der Waals surface area (Å²) < 4.78 is 5.41. The molecule has 6 heteroatoms. The maximum atomic E-state index is 11.8. The van der Waals surface area contributed by atoms with Crippen LogP contribution in [0.4, 0.5) is 11.6 Å². The highest BCUT2D eigenvalue weighted by Crippen LogP contribution is 2.11. The number of carbonyl (C=O) groups excluding carboxylic acids is 1. The number of benzene rings is 1. The molecule has 2 rings (SSSR count). The SMILES string of the molecule is Cc1ccc(OCC(=O)Nc2ccc(NCC(C)C)nn2)cc1. The van der Waals surface area contributed by atoms with E-state index in [9.17, 15) is 4.79 Å². The normalized spacial score (nSPS) is 10.4. The van der Waals surface area contributed by atoms with E-state index >= 15 is 0 Å². The lowest BCUT2D eigenvalue weighted by Crippen LogP contribution is -2.21. The Morgan fingerprint density at radius 3 is 2.35 bits per heavy atom. The lowest BCUT2D eigenvalue weighted by Gasteiger charge is -2.09. The van der Waals surface area contributed by atoms with E-state index < -0.39 is 0 Å². The zero-order valence-electron chi connectivity index (χ0n) is 13.7. The first-order valence-electron chi connectivity index (χ1n) is 7.60. The first-order valence-corrected chi connectivity index (χ1v) is 7.60. The van der Waals surface area contributed by atoms with Gasteiger partial charge in [0.15, 0.2) is 12.4 Å². The summed E-state index contributed by atoms with van der Waals surface area (Å²) in [5, 5.41) is 13.8. The van der Waals surface area contributed by atoms with Crippen LogP contribution >= 0.6 is 0 Å². The van der Waals surface area contributed by atoms with Crippen LogP contribution in [0.5, 0.6) is 5.75 Å². The summed E-state index contributed by atoms with van der Waals surface area (Å²) in [7, 11) is 0. The van der Waals surface area contributed by atoms with Crippen LogP contribution in [-0.2, 0) is 4.79 Å². The number of carbonyl (C=O) groups is 1. The molecule has 0 bridgehead atoms. The van der Waals surface area contributed by atoms with Gasteiger partial charge in [0.05, 0.1) is 0 Å². The number of nitrogens with zero attached hydrogens (tertiary/aromatic N) is 2. The smallest absolute Gasteiger partial charge is 0.263 e. The number of anilines is 2. The molecule has 122 valence electrons. The van der Waals surface area contributed by atoms with Crippen molar-refractivity contribution in [1.82, 2.24) is 10.2 Å². The number of hydrogen-bond acceptors (Lipinski definition) is 5. The summed E-state index contributed by atoms with van der Waals surface area (Å²) in [4.78, 5) is 11.8. The van der Waals surface area contributed by atoms with Crippen molar-refractivity contribution in [3.8, 4) is 5.75 Å². The van der Waals surface area contributed by atoms with Crippen molar-refractivity contribution in [3.63, 3.8) is 0 Å². The van der Waals surface area contributed by atoms with Gasteiger partial charge in [0.2, 0.25) is 0 Å². The zero-order chi connectivity index (χ0) is 16.7. The largest absolute Gasteiger partial charge is 0.484 e. The van der Waals surface area contributed by atoms with Crippen molar-refractivity contribution in [2.24, 2.45) is 5.92 Å². The molecule has 0 atom stereocenters. The molecule has 0 saturated heterocycles. The van der Waals surface area contributed by atoms with Crippen LogP contribution in [0.2, 0.25) is 0 Å². The number of hydrogen-bond donors (Lipinski definition) is 2. The molecule has 0 fully saturated rings. The number of ether oxygens (including phenoxy) is 1. The number of rotatable bonds is 7. The molecular weight excluding hydrogens is 292 g/mol. The van der Waals surface area contributed by atoms with Crippen LogP contribution in [0, 0.1) is 12.8 Å². The molecule has 0 aliphatic rings. The monoisotopic (exact) mass is 314 g/mol. The third-order valence-corrected chi connectivity index (χ3v) is 3.01. The topological polar surface area (TPSA) is 76.1 Å². The molecule has 6 nitrogen and oxygen atoms in total. The standard InChI is InChI=1S/C17H22N4O2/c1-12(2)10-18-15-8-9-16(21-20-15)19-17(22)11-23-14-6-4-13(3)5-7-14/h4-9,12H,10-11H2,1-3H3,(H,18,20)(H,19,21,22). The maximum absolute atomic E-state index is 11.8. The van der Waals surface area contributed by atoms with Crippen LogP contribution in [0.25, 0.3) is 0 Å². The third-order valence-electron chi connectivity index (χ3n) is 3.01. The first-order chi connectivity index (χ1) is 11.0. The Hall–Kier alpha value is -2.63. The first kappa shape index (κ1) is 16.7. The van der Waals surface area contributed by atoms with E-state index in [1.807, 2.05) is 31.2 Å². The Kier molecular flexibility index (Phi) is 5.91. The van der Waals surface area contributed by atoms with E-state index in [1.54, 1.807) is 12.1 Å². The third kappa shape index (κ3) is 5.94. The van der Waals surface area contributed by atoms with Gasteiger partial charge in [-0.2, -0.15) is 0 Å². The van der Waals surface area contributed by atoms with E-state index in [0.29, 0.717) is 23.3 Å². The van der Waals surface area contributed by atoms with Gasteiger partial charge in [-0.25, -0.2) is 0 Å². The van der Waals surface area contributed by atoms with Crippen LogP contribution < -0.4 is 15.4 Å². The van der Waals surface area contributed by atoms with Gasteiger partial charge in [0, 0.05) is 6.54 Å².